The van der Waals surface area contributed by atoms with Crippen molar-refractivity contribution in [3.05, 3.63) is 35.0 Å². The van der Waals surface area contributed by atoms with Gasteiger partial charge >= 0.3 is 0 Å². The number of aliphatic hydroxyl groups excluding tert-OH is 1. The second kappa shape index (κ2) is 6.12. The predicted molar refractivity (Wildman–Crippen MR) is 82.2 cm³/mol. The highest BCUT2D eigenvalue weighted by Crippen LogP contribution is 2.30. The second-order valence-corrected chi connectivity index (χ2v) is 6.54. The molecule has 2 aromatic rings. The van der Waals surface area contributed by atoms with E-state index < -0.39 is 0 Å². The van der Waals surface area contributed by atoms with Gasteiger partial charge < -0.3 is 10.0 Å². The molecule has 1 aliphatic heterocycles. The molecule has 21 heavy (non-hydrogen) atoms. The van der Waals surface area contributed by atoms with Gasteiger partial charge in [0.25, 0.3) is 5.91 Å². The Kier molecular flexibility index (Phi) is 4.22. The Labute approximate surface area is 127 Å². The molecule has 0 spiro atoms. The van der Waals surface area contributed by atoms with E-state index in [1.165, 1.54) is 23.5 Å². The molecule has 1 fully saturated rings. The van der Waals surface area contributed by atoms with Gasteiger partial charge in [0.1, 0.15) is 5.82 Å². The number of amides is 1. The van der Waals surface area contributed by atoms with Crippen LogP contribution in [0.2, 0.25) is 0 Å². The molecule has 3 nitrogen and oxygen atoms in total. The van der Waals surface area contributed by atoms with Gasteiger partial charge in [-0.05, 0) is 55.3 Å². The second-order valence-electron chi connectivity index (χ2n) is 5.45. The fourth-order valence-electron chi connectivity index (χ4n) is 2.99. The van der Waals surface area contributed by atoms with Gasteiger partial charge in [-0.1, -0.05) is 0 Å². The van der Waals surface area contributed by atoms with Crippen LogP contribution in [-0.4, -0.2) is 35.1 Å². The van der Waals surface area contributed by atoms with E-state index in [1.807, 2.05) is 4.90 Å². The van der Waals surface area contributed by atoms with Crippen LogP contribution in [0.1, 0.15) is 35.4 Å². The molecule has 2 heterocycles. The first kappa shape index (κ1) is 14.5. The average molecular weight is 307 g/mol. The van der Waals surface area contributed by atoms with Crippen LogP contribution in [-0.2, 0) is 0 Å². The number of halogens is 1. The Morgan fingerprint density at radius 3 is 3.10 bits per heavy atom. The largest absolute Gasteiger partial charge is 0.396 e. The molecule has 0 aliphatic carbocycles. The van der Waals surface area contributed by atoms with Crippen molar-refractivity contribution in [2.24, 2.45) is 0 Å². The van der Waals surface area contributed by atoms with Crippen LogP contribution in [0.4, 0.5) is 4.39 Å². The molecule has 3 rings (SSSR count). The number of rotatable bonds is 4. The number of carbonyl (C=O) groups is 1. The van der Waals surface area contributed by atoms with E-state index in [4.69, 9.17) is 5.11 Å². The Morgan fingerprint density at radius 1 is 1.43 bits per heavy atom. The lowest BCUT2D eigenvalue weighted by atomic mass is 10.1. The summed E-state index contributed by atoms with van der Waals surface area (Å²) in [6, 6.07) is 6.63. The van der Waals surface area contributed by atoms with Gasteiger partial charge in [-0.2, -0.15) is 0 Å². The van der Waals surface area contributed by atoms with E-state index in [9.17, 15) is 9.18 Å². The molecule has 1 saturated heterocycles. The molecule has 1 atom stereocenters. The van der Waals surface area contributed by atoms with Gasteiger partial charge in [0.2, 0.25) is 0 Å². The van der Waals surface area contributed by atoms with Gasteiger partial charge in [0, 0.05) is 23.9 Å². The van der Waals surface area contributed by atoms with Crippen molar-refractivity contribution in [1.29, 1.82) is 0 Å². The minimum atomic E-state index is -0.277. The molecular weight excluding hydrogens is 289 g/mol. The number of hydrogen-bond acceptors (Lipinski definition) is 3. The summed E-state index contributed by atoms with van der Waals surface area (Å²) in [7, 11) is 0. The van der Waals surface area contributed by atoms with Gasteiger partial charge in [-0.15, -0.1) is 11.3 Å². The zero-order valence-electron chi connectivity index (χ0n) is 11.7. The third-order valence-corrected chi connectivity index (χ3v) is 5.13. The highest BCUT2D eigenvalue weighted by atomic mass is 32.1. The molecule has 0 saturated carbocycles. The number of thiophene rings is 1. The average Bonchev–Trinajstić information content (AvgIpc) is 3.10. The lowest BCUT2D eigenvalue weighted by Gasteiger charge is -2.23. The summed E-state index contributed by atoms with van der Waals surface area (Å²) in [5, 5.41) is 9.74. The monoisotopic (exact) mass is 307 g/mol. The number of fused-ring (bicyclic) bond motifs is 1. The Bertz CT molecular complexity index is 655. The smallest absolute Gasteiger partial charge is 0.264 e. The number of nitrogens with zero attached hydrogens (tertiary/aromatic N) is 1. The van der Waals surface area contributed by atoms with Crippen molar-refractivity contribution in [2.75, 3.05) is 13.2 Å². The number of likely N-dealkylation sites (tertiary alicyclic amines) is 1. The molecule has 1 amide bonds. The van der Waals surface area contributed by atoms with E-state index in [0.717, 1.165) is 42.3 Å². The van der Waals surface area contributed by atoms with Crippen molar-refractivity contribution in [1.82, 2.24) is 4.90 Å². The summed E-state index contributed by atoms with van der Waals surface area (Å²) in [6.45, 7) is 0.943. The van der Waals surface area contributed by atoms with E-state index in [0.29, 0.717) is 4.88 Å². The maximum absolute atomic E-state index is 13.2. The number of benzene rings is 1. The molecule has 1 unspecified atom stereocenters. The minimum absolute atomic E-state index is 0.0389. The van der Waals surface area contributed by atoms with Gasteiger partial charge in [-0.25, -0.2) is 4.39 Å². The molecule has 1 aliphatic rings. The third kappa shape index (κ3) is 2.94. The first-order chi connectivity index (χ1) is 10.2. The quantitative estimate of drug-likeness (QED) is 0.940. The molecule has 0 radical (unpaired) electrons. The fraction of sp³-hybridized carbons (Fsp3) is 0.438. The summed E-state index contributed by atoms with van der Waals surface area (Å²) in [6.07, 6.45) is 3.60. The summed E-state index contributed by atoms with van der Waals surface area (Å²) >= 11 is 1.42. The summed E-state index contributed by atoms with van der Waals surface area (Å²) in [5.41, 5.74) is 0. The van der Waals surface area contributed by atoms with Crippen LogP contribution in [0.3, 0.4) is 0 Å². The summed E-state index contributed by atoms with van der Waals surface area (Å²) in [5.74, 6) is -0.238. The molecule has 1 aromatic heterocycles. The Balaban J connectivity index is 1.82. The first-order valence-electron chi connectivity index (χ1n) is 7.30. The molecule has 5 heteroatoms. The Hall–Kier alpha value is -1.46. The van der Waals surface area contributed by atoms with Crippen molar-refractivity contribution in [3.8, 4) is 0 Å². The van der Waals surface area contributed by atoms with Gasteiger partial charge in [-0.3, -0.25) is 4.79 Å². The van der Waals surface area contributed by atoms with Crippen LogP contribution in [0.5, 0.6) is 0 Å². The van der Waals surface area contributed by atoms with Crippen molar-refractivity contribution in [3.63, 3.8) is 0 Å². The van der Waals surface area contributed by atoms with E-state index in [-0.39, 0.29) is 24.4 Å². The maximum atomic E-state index is 13.2. The lowest BCUT2D eigenvalue weighted by molar-refractivity contribution is 0.0729. The van der Waals surface area contributed by atoms with Crippen molar-refractivity contribution >= 4 is 27.3 Å². The normalized spacial score (nSPS) is 18.6. The Morgan fingerprint density at radius 2 is 2.29 bits per heavy atom. The zero-order valence-corrected chi connectivity index (χ0v) is 12.5. The molecule has 112 valence electrons. The van der Waals surface area contributed by atoms with Crippen molar-refractivity contribution < 1.29 is 14.3 Å². The topological polar surface area (TPSA) is 40.5 Å². The zero-order chi connectivity index (χ0) is 14.8. The maximum Gasteiger partial charge on any atom is 0.264 e. The number of aliphatic hydroxyl groups is 1. The standard InChI is InChI=1S/C16H18FNO2S/c17-12-5-6-14-11(9-12)10-15(21-14)16(20)18-7-1-3-13(18)4-2-8-19/h5-6,9-10,13,19H,1-4,7-8H2. The van der Waals surface area contributed by atoms with Crippen LogP contribution >= 0.6 is 11.3 Å². The number of hydrogen-bond donors (Lipinski definition) is 1. The van der Waals surface area contributed by atoms with Crippen LogP contribution in [0, 0.1) is 5.82 Å². The van der Waals surface area contributed by atoms with E-state index >= 15 is 0 Å². The van der Waals surface area contributed by atoms with Crippen LogP contribution < -0.4 is 0 Å². The fourth-order valence-corrected chi connectivity index (χ4v) is 3.99. The van der Waals surface area contributed by atoms with Crippen molar-refractivity contribution in [2.45, 2.75) is 31.7 Å². The highest BCUT2D eigenvalue weighted by molar-refractivity contribution is 7.20. The molecule has 0 bridgehead atoms. The summed E-state index contributed by atoms with van der Waals surface area (Å²) in [4.78, 5) is 15.2. The minimum Gasteiger partial charge on any atom is -0.396 e. The molecular formula is C16H18FNO2S. The third-order valence-electron chi connectivity index (χ3n) is 4.02. The van der Waals surface area contributed by atoms with E-state index in [2.05, 4.69) is 0 Å². The predicted octanol–water partition coefficient (Wildman–Crippen LogP) is 3.42. The highest BCUT2D eigenvalue weighted by Gasteiger charge is 2.29. The molecule has 1 N–H and O–H groups in total. The lowest BCUT2D eigenvalue weighted by Crippen LogP contribution is -2.35. The van der Waals surface area contributed by atoms with Gasteiger partial charge in [0.05, 0.1) is 4.88 Å². The SMILES string of the molecule is O=C(c1cc2cc(F)ccc2s1)N1CCCC1CCCO. The number of carbonyl (C=O) groups excluding carboxylic acids is 1. The summed E-state index contributed by atoms with van der Waals surface area (Å²) < 4.78 is 14.2. The van der Waals surface area contributed by atoms with Crippen LogP contribution in [0.15, 0.2) is 24.3 Å². The first-order valence-corrected chi connectivity index (χ1v) is 8.11. The molecule has 1 aromatic carbocycles. The van der Waals surface area contributed by atoms with Crippen LogP contribution in [0.25, 0.3) is 10.1 Å². The van der Waals surface area contributed by atoms with Gasteiger partial charge in [0.15, 0.2) is 0 Å². The van der Waals surface area contributed by atoms with E-state index in [1.54, 1.807) is 12.1 Å².